The van der Waals surface area contributed by atoms with Crippen molar-refractivity contribution in [3.63, 3.8) is 0 Å². The van der Waals surface area contributed by atoms with E-state index in [9.17, 15) is 0 Å². The quantitative estimate of drug-likeness (QED) is 0.842. The van der Waals surface area contributed by atoms with Gasteiger partial charge in [-0.1, -0.05) is 31.5 Å². The van der Waals surface area contributed by atoms with Crippen molar-refractivity contribution < 1.29 is 0 Å². The number of benzene rings is 1. The van der Waals surface area contributed by atoms with Crippen molar-refractivity contribution in [2.75, 3.05) is 11.4 Å². The molecule has 0 aromatic heterocycles. The van der Waals surface area contributed by atoms with Gasteiger partial charge in [0.05, 0.1) is 0 Å². The molecule has 2 rings (SSSR count). The van der Waals surface area contributed by atoms with Gasteiger partial charge >= 0.3 is 0 Å². The summed E-state index contributed by atoms with van der Waals surface area (Å²) in [5.74, 6) is 0. The maximum Gasteiger partial charge on any atom is 0.103 e. The summed E-state index contributed by atoms with van der Waals surface area (Å²) in [5.41, 5.74) is 7.88. The Morgan fingerprint density at radius 1 is 1.22 bits per heavy atom. The highest BCUT2D eigenvalue weighted by Crippen LogP contribution is 2.27. The molecule has 0 bridgehead atoms. The van der Waals surface area contributed by atoms with Gasteiger partial charge in [-0.05, 0) is 44.0 Å². The molecule has 0 amide bonds. The Bertz CT molecular complexity index is 393. The van der Waals surface area contributed by atoms with Gasteiger partial charge in [0, 0.05) is 23.8 Å². The lowest BCUT2D eigenvalue weighted by molar-refractivity contribution is 0.418. The fraction of sp³-hybridized carbons (Fsp3) is 0.533. The zero-order chi connectivity index (χ0) is 13.0. The molecule has 1 saturated carbocycles. The number of nitrogens with two attached hydrogens (primary N) is 1. The molecule has 1 aromatic rings. The van der Waals surface area contributed by atoms with Crippen LogP contribution >= 0.6 is 12.2 Å². The average molecular weight is 262 g/mol. The summed E-state index contributed by atoms with van der Waals surface area (Å²) in [6.07, 6.45) is 6.78. The van der Waals surface area contributed by atoms with E-state index in [4.69, 9.17) is 18.0 Å². The van der Waals surface area contributed by atoms with Gasteiger partial charge in [-0.15, -0.1) is 0 Å². The maximum atomic E-state index is 5.63. The van der Waals surface area contributed by atoms with E-state index >= 15 is 0 Å². The molecule has 18 heavy (non-hydrogen) atoms. The second-order valence-electron chi connectivity index (χ2n) is 4.99. The van der Waals surface area contributed by atoms with Crippen LogP contribution in [0.25, 0.3) is 0 Å². The molecule has 98 valence electrons. The molecule has 1 aliphatic rings. The Morgan fingerprint density at radius 2 is 1.83 bits per heavy atom. The number of hydrogen-bond acceptors (Lipinski definition) is 2. The molecule has 0 aliphatic heterocycles. The smallest absolute Gasteiger partial charge is 0.103 e. The van der Waals surface area contributed by atoms with Gasteiger partial charge in [0.15, 0.2) is 0 Å². The SMILES string of the molecule is CCN(c1ccc(C(N)=S)cc1)C1CCCCC1. The number of thiocarbonyl (C=S) groups is 1. The molecule has 0 spiro atoms. The first-order valence-electron chi connectivity index (χ1n) is 6.89. The van der Waals surface area contributed by atoms with Crippen molar-refractivity contribution in [1.82, 2.24) is 0 Å². The van der Waals surface area contributed by atoms with E-state index in [2.05, 4.69) is 24.0 Å². The highest BCUT2D eigenvalue weighted by Gasteiger charge is 2.20. The lowest BCUT2D eigenvalue weighted by Gasteiger charge is -2.35. The van der Waals surface area contributed by atoms with Crippen LogP contribution in [0.15, 0.2) is 24.3 Å². The Morgan fingerprint density at radius 3 is 2.33 bits per heavy atom. The number of anilines is 1. The first-order chi connectivity index (χ1) is 8.72. The molecule has 0 unspecified atom stereocenters. The van der Waals surface area contributed by atoms with E-state index in [0.717, 1.165) is 12.1 Å². The summed E-state index contributed by atoms with van der Waals surface area (Å²) in [4.78, 5) is 2.99. The van der Waals surface area contributed by atoms with Crippen LogP contribution in [0, 0.1) is 0 Å². The maximum absolute atomic E-state index is 5.63. The number of nitrogens with zero attached hydrogens (tertiary/aromatic N) is 1. The lowest BCUT2D eigenvalue weighted by Crippen LogP contribution is -2.36. The predicted molar refractivity (Wildman–Crippen MR) is 82.2 cm³/mol. The molecule has 3 heteroatoms. The Hall–Kier alpha value is -1.09. The molecule has 2 N–H and O–H groups in total. The van der Waals surface area contributed by atoms with Crippen molar-refractivity contribution in [3.8, 4) is 0 Å². The Labute approximate surface area is 115 Å². The Kier molecular flexibility index (Phi) is 4.59. The largest absolute Gasteiger partial charge is 0.389 e. The summed E-state index contributed by atoms with van der Waals surface area (Å²) in [6.45, 7) is 3.30. The lowest BCUT2D eigenvalue weighted by atomic mass is 9.93. The van der Waals surface area contributed by atoms with Crippen LogP contribution in [0.1, 0.15) is 44.6 Å². The van der Waals surface area contributed by atoms with Crippen molar-refractivity contribution in [2.45, 2.75) is 45.1 Å². The van der Waals surface area contributed by atoms with E-state index < -0.39 is 0 Å². The zero-order valence-corrected chi connectivity index (χ0v) is 11.9. The highest BCUT2D eigenvalue weighted by molar-refractivity contribution is 7.80. The fourth-order valence-corrected chi connectivity index (χ4v) is 3.00. The van der Waals surface area contributed by atoms with E-state index in [1.807, 2.05) is 12.1 Å². The third-order valence-corrected chi connectivity index (χ3v) is 4.08. The van der Waals surface area contributed by atoms with E-state index in [-0.39, 0.29) is 0 Å². The predicted octanol–water partition coefficient (Wildman–Crippen LogP) is 3.48. The van der Waals surface area contributed by atoms with E-state index in [1.165, 1.54) is 37.8 Å². The monoisotopic (exact) mass is 262 g/mol. The van der Waals surface area contributed by atoms with Crippen molar-refractivity contribution in [3.05, 3.63) is 29.8 Å². The van der Waals surface area contributed by atoms with E-state index in [1.54, 1.807) is 0 Å². The third-order valence-electron chi connectivity index (χ3n) is 3.84. The van der Waals surface area contributed by atoms with Crippen LogP contribution in [0.3, 0.4) is 0 Å². The molecule has 0 atom stereocenters. The first-order valence-corrected chi connectivity index (χ1v) is 7.29. The fourth-order valence-electron chi connectivity index (χ4n) is 2.86. The molecule has 1 aromatic carbocycles. The normalized spacial score (nSPS) is 16.5. The average Bonchev–Trinajstić information content (AvgIpc) is 2.41. The molecule has 1 fully saturated rings. The van der Waals surface area contributed by atoms with Gasteiger partial charge in [0.2, 0.25) is 0 Å². The minimum absolute atomic E-state index is 0.474. The minimum Gasteiger partial charge on any atom is -0.389 e. The summed E-state index contributed by atoms with van der Waals surface area (Å²) < 4.78 is 0. The van der Waals surface area contributed by atoms with E-state index in [0.29, 0.717) is 11.0 Å². The second-order valence-corrected chi connectivity index (χ2v) is 5.43. The van der Waals surface area contributed by atoms with Crippen molar-refractivity contribution in [2.24, 2.45) is 5.73 Å². The van der Waals surface area contributed by atoms with Crippen LogP contribution in [0.4, 0.5) is 5.69 Å². The minimum atomic E-state index is 0.474. The van der Waals surface area contributed by atoms with Crippen LogP contribution < -0.4 is 10.6 Å². The van der Waals surface area contributed by atoms with Crippen LogP contribution in [-0.4, -0.2) is 17.6 Å². The van der Waals surface area contributed by atoms with Crippen LogP contribution in [0.2, 0.25) is 0 Å². The van der Waals surface area contributed by atoms with Gasteiger partial charge in [-0.2, -0.15) is 0 Å². The van der Waals surface area contributed by atoms with Gasteiger partial charge in [-0.25, -0.2) is 0 Å². The second kappa shape index (κ2) is 6.19. The molecule has 0 radical (unpaired) electrons. The third kappa shape index (κ3) is 3.02. The number of hydrogen-bond donors (Lipinski definition) is 1. The van der Waals surface area contributed by atoms with Crippen molar-refractivity contribution >= 4 is 22.9 Å². The van der Waals surface area contributed by atoms with Crippen LogP contribution in [0.5, 0.6) is 0 Å². The molecule has 0 heterocycles. The molecule has 0 saturated heterocycles. The topological polar surface area (TPSA) is 29.3 Å². The summed E-state index contributed by atoms with van der Waals surface area (Å²) in [6, 6.07) is 9.06. The Balaban J connectivity index is 2.13. The standard InChI is InChI=1S/C15H22N2S/c1-2-17(13-6-4-3-5-7-13)14-10-8-12(9-11-14)15(16)18/h8-11,13H,2-7H2,1H3,(H2,16,18). The first kappa shape index (κ1) is 13.3. The molecule has 1 aliphatic carbocycles. The van der Waals surface area contributed by atoms with Gasteiger partial charge in [0.1, 0.15) is 4.99 Å². The molecular formula is C15H22N2S. The van der Waals surface area contributed by atoms with Gasteiger partial charge in [0.25, 0.3) is 0 Å². The van der Waals surface area contributed by atoms with Crippen molar-refractivity contribution in [1.29, 1.82) is 0 Å². The van der Waals surface area contributed by atoms with Gasteiger partial charge in [-0.3, -0.25) is 0 Å². The zero-order valence-electron chi connectivity index (χ0n) is 11.1. The highest BCUT2D eigenvalue weighted by atomic mass is 32.1. The van der Waals surface area contributed by atoms with Gasteiger partial charge < -0.3 is 10.6 Å². The summed E-state index contributed by atoms with van der Waals surface area (Å²) >= 11 is 4.99. The van der Waals surface area contributed by atoms with Crippen LogP contribution in [-0.2, 0) is 0 Å². The molecule has 2 nitrogen and oxygen atoms in total. The number of rotatable bonds is 4. The summed E-state index contributed by atoms with van der Waals surface area (Å²) in [5, 5.41) is 0. The molecular weight excluding hydrogens is 240 g/mol. The summed E-state index contributed by atoms with van der Waals surface area (Å²) in [7, 11) is 0.